The molecule has 0 radical (unpaired) electrons. The lowest BCUT2D eigenvalue weighted by atomic mass is 9.94. The van der Waals surface area contributed by atoms with E-state index >= 15 is 0 Å². The molecule has 1 fully saturated rings. The van der Waals surface area contributed by atoms with E-state index in [1.54, 1.807) is 60.7 Å². The average Bonchev–Trinajstić information content (AvgIpc) is 3.13. The Hall–Kier alpha value is -4.39. The molecule has 1 aliphatic rings. The topological polar surface area (TPSA) is 95.9 Å². The Kier molecular flexibility index (Phi) is 6.68. The zero-order valence-corrected chi connectivity index (χ0v) is 19.7. The molecule has 1 heterocycles. The predicted octanol–water partition coefficient (Wildman–Crippen LogP) is 4.84. The van der Waals surface area contributed by atoms with E-state index in [9.17, 15) is 19.5 Å². The Morgan fingerprint density at radius 1 is 1.03 bits per heavy atom. The van der Waals surface area contributed by atoms with Crippen molar-refractivity contribution >= 4 is 34.7 Å². The monoisotopic (exact) mass is 470 g/mol. The highest BCUT2D eigenvalue weighted by Crippen LogP contribution is 2.43. The zero-order valence-electron chi connectivity index (χ0n) is 19.7. The molecule has 4 rings (SSSR count). The fourth-order valence-electron chi connectivity index (χ4n) is 4.22. The SMILES string of the molecule is CCc1ccc(/C(O)=C2\C(=O)C(=O)N(c3cccc(NC(C)=O)c3)C2c2cccc(OC)c2)cc1. The van der Waals surface area contributed by atoms with Gasteiger partial charge in [0, 0.05) is 23.9 Å². The van der Waals surface area contributed by atoms with E-state index in [1.807, 2.05) is 19.1 Å². The number of nitrogens with one attached hydrogen (secondary N) is 1. The van der Waals surface area contributed by atoms with Crippen LogP contribution < -0.4 is 15.0 Å². The number of ether oxygens (including phenoxy) is 1. The van der Waals surface area contributed by atoms with E-state index in [2.05, 4.69) is 5.32 Å². The van der Waals surface area contributed by atoms with Crippen LogP contribution in [0.3, 0.4) is 0 Å². The molecule has 0 bridgehead atoms. The number of aryl methyl sites for hydroxylation is 1. The Morgan fingerprint density at radius 2 is 1.74 bits per heavy atom. The summed E-state index contributed by atoms with van der Waals surface area (Å²) in [6.45, 7) is 3.41. The Morgan fingerprint density at radius 3 is 2.40 bits per heavy atom. The van der Waals surface area contributed by atoms with Crippen molar-refractivity contribution in [2.45, 2.75) is 26.3 Å². The second-order valence-corrected chi connectivity index (χ2v) is 8.23. The lowest BCUT2D eigenvalue weighted by Gasteiger charge is -2.26. The van der Waals surface area contributed by atoms with Gasteiger partial charge in [0.1, 0.15) is 11.5 Å². The van der Waals surface area contributed by atoms with Crippen molar-refractivity contribution in [1.29, 1.82) is 0 Å². The van der Waals surface area contributed by atoms with Crippen molar-refractivity contribution in [3.8, 4) is 5.75 Å². The van der Waals surface area contributed by atoms with Gasteiger partial charge in [-0.3, -0.25) is 19.3 Å². The van der Waals surface area contributed by atoms with Gasteiger partial charge in [0.25, 0.3) is 11.7 Å². The van der Waals surface area contributed by atoms with Gasteiger partial charge in [-0.1, -0.05) is 49.4 Å². The number of carbonyl (C=O) groups is 3. The number of nitrogens with zero attached hydrogens (tertiary/aromatic N) is 1. The molecule has 35 heavy (non-hydrogen) atoms. The lowest BCUT2D eigenvalue weighted by molar-refractivity contribution is -0.132. The third-order valence-corrected chi connectivity index (χ3v) is 5.93. The first-order valence-corrected chi connectivity index (χ1v) is 11.3. The minimum atomic E-state index is -0.900. The van der Waals surface area contributed by atoms with Crippen LogP contribution in [-0.2, 0) is 20.8 Å². The van der Waals surface area contributed by atoms with E-state index in [0.29, 0.717) is 28.3 Å². The highest BCUT2D eigenvalue weighted by atomic mass is 16.5. The molecule has 1 atom stereocenters. The van der Waals surface area contributed by atoms with Crippen molar-refractivity contribution in [3.63, 3.8) is 0 Å². The number of carbonyl (C=O) groups excluding carboxylic acids is 3. The van der Waals surface area contributed by atoms with Crippen LogP contribution in [0.15, 0.2) is 78.4 Å². The zero-order chi connectivity index (χ0) is 25.1. The normalized spacial score (nSPS) is 16.9. The summed E-state index contributed by atoms with van der Waals surface area (Å²) in [5.74, 6) is -1.53. The van der Waals surface area contributed by atoms with Gasteiger partial charge in [0.15, 0.2) is 0 Å². The van der Waals surface area contributed by atoms with E-state index in [1.165, 1.54) is 18.9 Å². The van der Waals surface area contributed by atoms with Gasteiger partial charge < -0.3 is 15.2 Å². The van der Waals surface area contributed by atoms with Crippen molar-refractivity contribution in [2.75, 3.05) is 17.3 Å². The standard InChI is InChI=1S/C28H26N2O5/c1-4-18-11-13-19(14-12-18)26(32)24-25(20-7-5-10-23(15-20)35-3)30(28(34)27(24)33)22-9-6-8-21(16-22)29-17(2)31/h5-16,25,32H,4H2,1-3H3,(H,29,31)/b26-24+. The molecule has 7 heteroatoms. The van der Waals surface area contributed by atoms with Gasteiger partial charge in [0.05, 0.1) is 18.7 Å². The maximum atomic E-state index is 13.3. The molecule has 1 saturated heterocycles. The number of benzene rings is 3. The van der Waals surface area contributed by atoms with Crippen molar-refractivity contribution in [2.24, 2.45) is 0 Å². The molecule has 7 nitrogen and oxygen atoms in total. The number of ketones is 1. The van der Waals surface area contributed by atoms with Crippen molar-refractivity contribution < 1.29 is 24.2 Å². The third kappa shape index (κ3) is 4.66. The van der Waals surface area contributed by atoms with Gasteiger partial charge in [-0.15, -0.1) is 0 Å². The summed E-state index contributed by atoms with van der Waals surface area (Å²) < 4.78 is 5.36. The van der Waals surface area contributed by atoms with Gasteiger partial charge in [-0.05, 0) is 47.9 Å². The largest absolute Gasteiger partial charge is 0.507 e. The molecule has 0 saturated carbocycles. The second kappa shape index (κ2) is 9.85. The number of hydrogen-bond acceptors (Lipinski definition) is 5. The summed E-state index contributed by atoms with van der Waals surface area (Å²) in [5.41, 5.74) is 3.00. The van der Waals surface area contributed by atoms with Crippen LogP contribution in [0, 0.1) is 0 Å². The summed E-state index contributed by atoms with van der Waals surface area (Å²) in [5, 5.41) is 14.0. The summed E-state index contributed by atoms with van der Waals surface area (Å²) >= 11 is 0. The fraction of sp³-hybridized carbons (Fsp3) is 0.179. The molecule has 0 spiro atoms. The maximum absolute atomic E-state index is 13.3. The van der Waals surface area contributed by atoms with Crippen LogP contribution in [0.2, 0.25) is 0 Å². The molecule has 2 N–H and O–H groups in total. The number of anilines is 2. The van der Waals surface area contributed by atoms with E-state index in [-0.39, 0.29) is 17.2 Å². The quantitative estimate of drug-likeness (QED) is 0.305. The Bertz CT molecular complexity index is 1330. The van der Waals surface area contributed by atoms with Crippen LogP contribution in [0.4, 0.5) is 11.4 Å². The number of rotatable bonds is 6. The summed E-state index contributed by atoms with van der Waals surface area (Å²) in [6, 6.07) is 20.0. The predicted molar refractivity (Wildman–Crippen MR) is 134 cm³/mol. The van der Waals surface area contributed by atoms with Crippen LogP contribution in [-0.4, -0.2) is 29.8 Å². The molecular weight excluding hydrogens is 444 g/mol. The molecule has 1 aliphatic heterocycles. The lowest BCUT2D eigenvalue weighted by Crippen LogP contribution is -2.29. The number of methoxy groups -OCH3 is 1. The second-order valence-electron chi connectivity index (χ2n) is 8.23. The average molecular weight is 471 g/mol. The minimum Gasteiger partial charge on any atom is -0.507 e. The molecule has 2 amide bonds. The Labute approximate surface area is 203 Å². The van der Waals surface area contributed by atoms with Crippen molar-refractivity contribution in [1.82, 2.24) is 0 Å². The Balaban J connectivity index is 1.91. The van der Waals surface area contributed by atoms with Gasteiger partial charge in [-0.2, -0.15) is 0 Å². The molecule has 0 aliphatic carbocycles. The molecule has 0 aromatic heterocycles. The number of aliphatic hydroxyl groups is 1. The van der Waals surface area contributed by atoms with E-state index in [4.69, 9.17) is 4.74 Å². The highest BCUT2D eigenvalue weighted by Gasteiger charge is 2.47. The van der Waals surface area contributed by atoms with Crippen LogP contribution in [0.1, 0.15) is 36.6 Å². The molecule has 3 aromatic carbocycles. The van der Waals surface area contributed by atoms with Crippen LogP contribution in [0.25, 0.3) is 5.76 Å². The van der Waals surface area contributed by atoms with Gasteiger partial charge in [0.2, 0.25) is 5.91 Å². The first kappa shape index (κ1) is 23.8. The number of Topliss-reactive ketones (excluding diaryl/α,β-unsaturated/α-hetero) is 1. The molecule has 178 valence electrons. The first-order valence-electron chi connectivity index (χ1n) is 11.3. The maximum Gasteiger partial charge on any atom is 0.300 e. The smallest absolute Gasteiger partial charge is 0.300 e. The summed E-state index contributed by atoms with van der Waals surface area (Å²) in [7, 11) is 1.53. The number of aliphatic hydroxyl groups excluding tert-OH is 1. The molecule has 3 aromatic rings. The highest BCUT2D eigenvalue weighted by molar-refractivity contribution is 6.51. The fourth-order valence-corrected chi connectivity index (χ4v) is 4.22. The third-order valence-electron chi connectivity index (χ3n) is 5.93. The molecule has 1 unspecified atom stereocenters. The molecular formula is C28H26N2O5. The van der Waals surface area contributed by atoms with Gasteiger partial charge >= 0.3 is 0 Å². The summed E-state index contributed by atoms with van der Waals surface area (Å²) in [4.78, 5) is 39.6. The van der Waals surface area contributed by atoms with Crippen molar-refractivity contribution in [3.05, 3.63) is 95.1 Å². The van der Waals surface area contributed by atoms with E-state index < -0.39 is 17.7 Å². The number of amides is 2. The summed E-state index contributed by atoms with van der Waals surface area (Å²) in [6.07, 6.45) is 0.833. The van der Waals surface area contributed by atoms with Gasteiger partial charge in [-0.25, -0.2) is 0 Å². The first-order chi connectivity index (χ1) is 16.8. The number of hydrogen-bond donors (Lipinski definition) is 2. The van der Waals surface area contributed by atoms with Crippen LogP contribution >= 0.6 is 0 Å². The van der Waals surface area contributed by atoms with Crippen LogP contribution in [0.5, 0.6) is 5.75 Å². The minimum absolute atomic E-state index is 0.0163. The van der Waals surface area contributed by atoms with E-state index in [0.717, 1.165) is 12.0 Å².